The second-order valence-electron chi connectivity index (χ2n) is 4.03. The summed E-state index contributed by atoms with van der Waals surface area (Å²) in [5.41, 5.74) is 0.439. The molecule has 1 N–H and O–H groups in total. The van der Waals surface area contributed by atoms with Crippen LogP contribution in [0.2, 0.25) is 0 Å². The van der Waals surface area contributed by atoms with Crippen molar-refractivity contribution in [1.29, 1.82) is 0 Å². The van der Waals surface area contributed by atoms with Crippen molar-refractivity contribution in [2.24, 2.45) is 0 Å². The average molecular weight is 342 g/mol. The molecule has 5 heteroatoms. The SMILES string of the molecule is CCc1ccc(CNC(=O)c2ccc(F)cc2Br)s1. The third-order valence-electron chi connectivity index (χ3n) is 2.66. The van der Waals surface area contributed by atoms with E-state index in [1.54, 1.807) is 11.3 Å². The van der Waals surface area contributed by atoms with Crippen molar-refractivity contribution in [3.05, 3.63) is 55.9 Å². The number of thiophene rings is 1. The molecule has 1 aromatic carbocycles. The molecule has 0 saturated carbocycles. The van der Waals surface area contributed by atoms with E-state index in [0.717, 1.165) is 11.3 Å². The fourth-order valence-corrected chi connectivity index (χ4v) is 3.07. The van der Waals surface area contributed by atoms with Gasteiger partial charge in [-0.2, -0.15) is 0 Å². The molecule has 0 radical (unpaired) electrons. The molecule has 0 atom stereocenters. The van der Waals surface area contributed by atoms with Gasteiger partial charge in [-0.25, -0.2) is 4.39 Å². The van der Waals surface area contributed by atoms with Crippen LogP contribution in [0.15, 0.2) is 34.8 Å². The lowest BCUT2D eigenvalue weighted by Crippen LogP contribution is -2.22. The third-order valence-corrected chi connectivity index (χ3v) is 4.55. The number of rotatable bonds is 4. The van der Waals surface area contributed by atoms with Crippen LogP contribution in [0, 0.1) is 5.82 Å². The number of aryl methyl sites for hydroxylation is 1. The number of carbonyl (C=O) groups excluding carboxylic acids is 1. The zero-order valence-corrected chi connectivity index (χ0v) is 12.8. The van der Waals surface area contributed by atoms with Crippen LogP contribution in [0.1, 0.15) is 27.0 Å². The Labute approximate surface area is 123 Å². The zero-order chi connectivity index (χ0) is 13.8. The second-order valence-corrected chi connectivity index (χ2v) is 6.14. The Bertz CT molecular complexity index is 597. The molecule has 2 aromatic rings. The normalized spacial score (nSPS) is 10.5. The van der Waals surface area contributed by atoms with Crippen molar-refractivity contribution in [3.63, 3.8) is 0 Å². The molecular formula is C14H13BrFNOS. The van der Waals surface area contributed by atoms with E-state index in [-0.39, 0.29) is 11.7 Å². The molecule has 2 rings (SSSR count). The lowest BCUT2D eigenvalue weighted by molar-refractivity contribution is 0.0950. The second kappa shape index (κ2) is 6.30. The van der Waals surface area contributed by atoms with Gasteiger partial charge in [-0.1, -0.05) is 6.92 Å². The highest BCUT2D eigenvalue weighted by Crippen LogP contribution is 2.19. The predicted molar refractivity (Wildman–Crippen MR) is 79.0 cm³/mol. The molecule has 0 unspecified atom stereocenters. The zero-order valence-electron chi connectivity index (χ0n) is 10.4. The average Bonchev–Trinajstić information content (AvgIpc) is 2.84. The molecule has 1 heterocycles. The summed E-state index contributed by atoms with van der Waals surface area (Å²) >= 11 is 4.88. The molecule has 1 aromatic heterocycles. The highest BCUT2D eigenvalue weighted by molar-refractivity contribution is 9.10. The van der Waals surface area contributed by atoms with Gasteiger partial charge < -0.3 is 5.32 Å². The molecular weight excluding hydrogens is 329 g/mol. The molecule has 0 aliphatic rings. The standard InChI is InChI=1S/C14H13BrFNOS/c1-2-10-4-5-11(19-10)8-17-14(18)12-6-3-9(16)7-13(12)15/h3-7H,2,8H2,1H3,(H,17,18). The Hall–Kier alpha value is -1.20. The van der Waals surface area contributed by atoms with Crippen molar-refractivity contribution in [2.45, 2.75) is 19.9 Å². The number of hydrogen-bond acceptors (Lipinski definition) is 2. The van der Waals surface area contributed by atoms with Crippen LogP contribution in [-0.2, 0) is 13.0 Å². The van der Waals surface area contributed by atoms with Crippen LogP contribution >= 0.6 is 27.3 Å². The van der Waals surface area contributed by atoms with Gasteiger partial charge in [0.1, 0.15) is 5.82 Å². The maximum absolute atomic E-state index is 12.9. The Morgan fingerprint density at radius 3 is 2.68 bits per heavy atom. The smallest absolute Gasteiger partial charge is 0.252 e. The van der Waals surface area contributed by atoms with Crippen LogP contribution < -0.4 is 5.32 Å². The van der Waals surface area contributed by atoms with Crippen LogP contribution in [0.5, 0.6) is 0 Å². The molecule has 0 aliphatic carbocycles. The van der Waals surface area contributed by atoms with E-state index >= 15 is 0 Å². The first-order valence-corrected chi connectivity index (χ1v) is 7.52. The number of halogens is 2. The largest absolute Gasteiger partial charge is 0.347 e. The van der Waals surface area contributed by atoms with Crippen LogP contribution in [0.3, 0.4) is 0 Å². The van der Waals surface area contributed by atoms with Crippen LogP contribution in [-0.4, -0.2) is 5.91 Å². The molecule has 1 amide bonds. The highest BCUT2D eigenvalue weighted by atomic mass is 79.9. The summed E-state index contributed by atoms with van der Waals surface area (Å²) in [5.74, 6) is -0.576. The summed E-state index contributed by atoms with van der Waals surface area (Å²) in [6.45, 7) is 2.59. The van der Waals surface area contributed by atoms with Crippen LogP contribution in [0.25, 0.3) is 0 Å². The quantitative estimate of drug-likeness (QED) is 0.889. The van der Waals surface area contributed by atoms with E-state index in [2.05, 4.69) is 34.2 Å². The summed E-state index contributed by atoms with van der Waals surface area (Å²) < 4.78 is 13.4. The minimum absolute atomic E-state index is 0.210. The number of benzene rings is 1. The minimum Gasteiger partial charge on any atom is -0.347 e. The van der Waals surface area contributed by atoms with E-state index < -0.39 is 0 Å². The minimum atomic E-state index is -0.366. The summed E-state index contributed by atoms with van der Waals surface area (Å²) in [7, 11) is 0. The molecule has 19 heavy (non-hydrogen) atoms. The molecule has 0 saturated heterocycles. The van der Waals surface area contributed by atoms with Crippen LogP contribution in [0.4, 0.5) is 4.39 Å². The molecule has 0 fully saturated rings. The van der Waals surface area contributed by atoms with Gasteiger partial charge in [0.25, 0.3) is 5.91 Å². The van der Waals surface area contributed by atoms with Crippen molar-refractivity contribution in [3.8, 4) is 0 Å². The summed E-state index contributed by atoms with van der Waals surface area (Å²) in [5, 5.41) is 2.83. The Morgan fingerprint density at radius 2 is 2.05 bits per heavy atom. The third kappa shape index (κ3) is 3.64. The van der Waals surface area contributed by atoms with Gasteiger partial charge in [-0.05, 0) is 52.7 Å². The van der Waals surface area contributed by atoms with E-state index in [1.807, 2.05) is 6.07 Å². The van der Waals surface area contributed by atoms with E-state index in [0.29, 0.717) is 16.6 Å². The lowest BCUT2D eigenvalue weighted by Gasteiger charge is -2.05. The van der Waals surface area contributed by atoms with Gasteiger partial charge in [0.15, 0.2) is 0 Å². The molecule has 0 aliphatic heterocycles. The fourth-order valence-electron chi connectivity index (χ4n) is 1.64. The molecule has 0 bridgehead atoms. The monoisotopic (exact) mass is 341 g/mol. The molecule has 100 valence electrons. The number of amides is 1. The van der Waals surface area contributed by atoms with Crippen molar-refractivity contribution in [1.82, 2.24) is 5.32 Å². The summed E-state index contributed by atoms with van der Waals surface area (Å²) in [6.07, 6.45) is 1.00. The maximum atomic E-state index is 12.9. The van der Waals surface area contributed by atoms with Gasteiger partial charge >= 0.3 is 0 Å². The van der Waals surface area contributed by atoms with E-state index in [1.165, 1.54) is 23.1 Å². The summed E-state index contributed by atoms with van der Waals surface area (Å²) in [4.78, 5) is 14.4. The van der Waals surface area contributed by atoms with Gasteiger partial charge in [0.2, 0.25) is 0 Å². The van der Waals surface area contributed by atoms with E-state index in [9.17, 15) is 9.18 Å². The highest BCUT2D eigenvalue weighted by Gasteiger charge is 2.10. The number of carbonyl (C=O) groups is 1. The lowest BCUT2D eigenvalue weighted by atomic mass is 10.2. The van der Waals surface area contributed by atoms with Gasteiger partial charge in [-0.15, -0.1) is 11.3 Å². The van der Waals surface area contributed by atoms with Gasteiger partial charge in [0, 0.05) is 14.2 Å². The number of hydrogen-bond donors (Lipinski definition) is 1. The first-order valence-electron chi connectivity index (χ1n) is 5.91. The maximum Gasteiger partial charge on any atom is 0.252 e. The first kappa shape index (κ1) is 14.2. The topological polar surface area (TPSA) is 29.1 Å². The first-order chi connectivity index (χ1) is 9.10. The van der Waals surface area contributed by atoms with Gasteiger partial charge in [-0.3, -0.25) is 4.79 Å². The Balaban J connectivity index is 2.01. The fraction of sp³-hybridized carbons (Fsp3) is 0.214. The van der Waals surface area contributed by atoms with Crippen molar-refractivity contribution < 1.29 is 9.18 Å². The number of nitrogens with one attached hydrogen (secondary N) is 1. The molecule has 2 nitrogen and oxygen atoms in total. The predicted octanol–water partition coefficient (Wildman–Crippen LogP) is 4.14. The molecule has 0 spiro atoms. The Kier molecular flexibility index (Phi) is 4.71. The Morgan fingerprint density at radius 1 is 1.32 bits per heavy atom. The van der Waals surface area contributed by atoms with E-state index in [4.69, 9.17) is 0 Å². The van der Waals surface area contributed by atoms with Crippen molar-refractivity contribution in [2.75, 3.05) is 0 Å². The van der Waals surface area contributed by atoms with Crippen molar-refractivity contribution >= 4 is 33.2 Å². The van der Waals surface area contributed by atoms with Gasteiger partial charge in [0.05, 0.1) is 12.1 Å². The summed E-state index contributed by atoms with van der Waals surface area (Å²) in [6, 6.07) is 8.12.